The lowest BCUT2D eigenvalue weighted by atomic mass is 9.96. The Bertz CT molecular complexity index is 433. The van der Waals surface area contributed by atoms with E-state index in [-0.39, 0.29) is 19.0 Å². The highest BCUT2D eigenvalue weighted by Gasteiger charge is 2.43. The zero-order chi connectivity index (χ0) is 14.8. The molecule has 1 aromatic heterocycles. The van der Waals surface area contributed by atoms with E-state index in [1.807, 2.05) is 13.8 Å². The molecular formula is C13H20F3N3O. The van der Waals surface area contributed by atoms with Crippen LogP contribution >= 0.6 is 0 Å². The smallest absolute Gasteiger partial charge is 0.338 e. The van der Waals surface area contributed by atoms with E-state index in [0.717, 1.165) is 12.8 Å². The Morgan fingerprint density at radius 3 is 2.85 bits per heavy atom. The molecule has 1 saturated heterocycles. The summed E-state index contributed by atoms with van der Waals surface area (Å²) in [4.78, 5) is 6.04. The van der Waals surface area contributed by atoms with Crippen molar-refractivity contribution in [3.05, 3.63) is 11.7 Å². The Labute approximate surface area is 116 Å². The van der Waals surface area contributed by atoms with Crippen molar-refractivity contribution >= 4 is 0 Å². The first-order chi connectivity index (χ1) is 9.41. The molecular weight excluding hydrogens is 271 g/mol. The van der Waals surface area contributed by atoms with Crippen molar-refractivity contribution in [2.24, 2.45) is 5.92 Å². The van der Waals surface area contributed by atoms with Crippen molar-refractivity contribution in [3.8, 4) is 0 Å². The number of aromatic nitrogens is 2. The molecule has 0 N–H and O–H groups in total. The number of halogens is 3. The van der Waals surface area contributed by atoms with Crippen LogP contribution in [0.5, 0.6) is 0 Å². The van der Waals surface area contributed by atoms with Gasteiger partial charge in [-0.3, -0.25) is 4.90 Å². The molecule has 2 rings (SSSR count). The van der Waals surface area contributed by atoms with Crippen LogP contribution in [0.2, 0.25) is 0 Å². The first kappa shape index (κ1) is 15.3. The van der Waals surface area contributed by atoms with E-state index in [0.29, 0.717) is 24.7 Å². The molecule has 0 spiro atoms. The molecule has 2 heterocycles. The average molecular weight is 291 g/mol. The SMILES string of the molecule is CCCc1noc([C@@H](C)N2CCC[C@H](C(F)(F)F)C2)n1. The first-order valence-electron chi connectivity index (χ1n) is 7.05. The number of nitrogens with zero attached hydrogens (tertiary/aromatic N) is 3. The normalized spacial score (nSPS) is 22.9. The van der Waals surface area contributed by atoms with Crippen LogP contribution in [0, 0.1) is 5.92 Å². The highest BCUT2D eigenvalue weighted by Crippen LogP contribution is 2.35. The zero-order valence-electron chi connectivity index (χ0n) is 11.8. The van der Waals surface area contributed by atoms with Gasteiger partial charge in [-0.15, -0.1) is 0 Å². The molecule has 0 radical (unpaired) electrons. The molecule has 0 unspecified atom stereocenters. The lowest BCUT2D eigenvalue weighted by molar-refractivity contribution is -0.188. The topological polar surface area (TPSA) is 42.2 Å². The second kappa shape index (κ2) is 6.11. The molecule has 0 amide bonds. The van der Waals surface area contributed by atoms with Gasteiger partial charge in [0.2, 0.25) is 5.89 Å². The largest absolute Gasteiger partial charge is 0.393 e. The van der Waals surface area contributed by atoms with E-state index < -0.39 is 12.1 Å². The van der Waals surface area contributed by atoms with Gasteiger partial charge < -0.3 is 4.52 Å². The van der Waals surface area contributed by atoms with Crippen molar-refractivity contribution in [2.45, 2.75) is 51.7 Å². The monoisotopic (exact) mass is 291 g/mol. The van der Waals surface area contributed by atoms with Crippen LogP contribution in [-0.4, -0.2) is 34.3 Å². The Hall–Kier alpha value is -1.11. The van der Waals surface area contributed by atoms with Gasteiger partial charge >= 0.3 is 6.18 Å². The number of alkyl halides is 3. The van der Waals surface area contributed by atoms with Gasteiger partial charge in [0.1, 0.15) is 0 Å². The molecule has 1 fully saturated rings. The summed E-state index contributed by atoms with van der Waals surface area (Å²) in [6.07, 6.45) is -1.74. The van der Waals surface area contributed by atoms with Crippen molar-refractivity contribution in [1.82, 2.24) is 15.0 Å². The maximum Gasteiger partial charge on any atom is 0.393 e. The van der Waals surface area contributed by atoms with Gasteiger partial charge in [0.25, 0.3) is 0 Å². The highest BCUT2D eigenvalue weighted by atomic mass is 19.4. The Morgan fingerprint density at radius 2 is 2.20 bits per heavy atom. The molecule has 1 aromatic rings. The highest BCUT2D eigenvalue weighted by molar-refractivity contribution is 4.94. The number of likely N-dealkylation sites (tertiary alicyclic amines) is 1. The minimum atomic E-state index is -4.12. The molecule has 1 aliphatic heterocycles. The summed E-state index contributed by atoms with van der Waals surface area (Å²) in [5, 5.41) is 3.85. The van der Waals surface area contributed by atoms with Gasteiger partial charge in [-0.2, -0.15) is 18.2 Å². The molecule has 7 heteroatoms. The van der Waals surface area contributed by atoms with E-state index in [1.165, 1.54) is 0 Å². The minimum absolute atomic E-state index is 0.0101. The van der Waals surface area contributed by atoms with E-state index >= 15 is 0 Å². The lowest BCUT2D eigenvalue weighted by Gasteiger charge is -2.36. The summed E-state index contributed by atoms with van der Waals surface area (Å²) < 4.78 is 43.6. The second-order valence-corrected chi connectivity index (χ2v) is 5.35. The number of aryl methyl sites for hydroxylation is 1. The average Bonchev–Trinajstić information content (AvgIpc) is 2.86. The lowest BCUT2D eigenvalue weighted by Crippen LogP contribution is -2.42. The van der Waals surface area contributed by atoms with E-state index in [9.17, 15) is 13.2 Å². The molecule has 0 bridgehead atoms. The standard InChI is InChI=1S/C13H20F3N3O/c1-3-5-11-17-12(20-18-11)9(2)19-7-4-6-10(8-19)13(14,15)16/h9-10H,3-8H2,1-2H3/t9-,10+/m1/s1. The minimum Gasteiger partial charge on any atom is -0.338 e. The fourth-order valence-electron chi connectivity index (χ4n) is 2.54. The maximum absolute atomic E-state index is 12.8. The summed E-state index contributed by atoms with van der Waals surface area (Å²) in [5.74, 6) is -0.216. The van der Waals surface area contributed by atoms with Crippen LogP contribution in [-0.2, 0) is 6.42 Å². The van der Waals surface area contributed by atoms with E-state index in [4.69, 9.17) is 4.52 Å². The molecule has 1 aliphatic rings. The quantitative estimate of drug-likeness (QED) is 0.853. The summed E-state index contributed by atoms with van der Waals surface area (Å²) in [5.41, 5.74) is 0. The number of rotatable bonds is 4. The molecule has 0 aromatic carbocycles. The molecule has 2 atom stereocenters. The Balaban J connectivity index is 2.02. The van der Waals surface area contributed by atoms with Crippen molar-refractivity contribution < 1.29 is 17.7 Å². The van der Waals surface area contributed by atoms with Gasteiger partial charge in [-0.05, 0) is 32.7 Å². The third-order valence-corrected chi connectivity index (χ3v) is 3.78. The Morgan fingerprint density at radius 1 is 1.45 bits per heavy atom. The molecule has 4 nitrogen and oxygen atoms in total. The number of hydrogen-bond acceptors (Lipinski definition) is 4. The Kier molecular flexibility index (Phi) is 4.67. The maximum atomic E-state index is 12.8. The number of hydrogen-bond donors (Lipinski definition) is 0. The molecule has 20 heavy (non-hydrogen) atoms. The van der Waals surface area contributed by atoms with Crippen LogP contribution in [0.3, 0.4) is 0 Å². The van der Waals surface area contributed by atoms with Crippen LogP contribution in [0.1, 0.15) is 50.9 Å². The predicted molar refractivity (Wildman–Crippen MR) is 67.1 cm³/mol. The zero-order valence-corrected chi connectivity index (χ0v) is 11.8. The van der Waals surface area contributed by atoms with Crippen LogP contribution in [0.25, 0.3) is 0 Å². The van der Waals surface area contributed by atoms with Gasteiger partial charge in [0.15, 0.2) is 5.82 Å². The summed E-state index contributed by atoms with van der Waals surface area (Å²) >= 11 is 0. The van der Waals surface area contributed by atoms with Crippen LogP contribution in [0.4, 0.5) is 13.2 Å². The fourth-order valence-corrected chi connectivity index (χ4v) is 2.54. The molecule has 114 valence electrons. The van der Waals surface area contributed by atoms with E-state index in [2.05, 4.69) is 10.1 Å². The number of piperidine rings is 1. The summed E-state index contributed by atoms with van der Waals surface area (Å²) in [7, 11) is 0. The van der Waals surface area contributed by atoms with Gasteiger partial charge in [0.05, 0.1) is 12.0 Å². The molecule has 0 saturated carbocycles. The summed E-state index contributed by atoms with van der Waals surface area (Å²) in [6, 6.07) is -0.266. The van der Waals surface area contributed by atoms with Crippen LogP contribution < -0.4 is 0 Å². The predicted octanol–water partition coefficient (Wildman–Crippen LogP) is 3.36. The van der Waals surface area contributed by atoms with Crippen molar-refractivity contribution in [1.29, 1.82) is 0 Å². The molecule has 0 aliphatic carbocycles. The van der Waals surface area contributed by atoms with Gasteiger partial charge in [0, 0.05) is 13.0 Å². The fraction of sp³-hybridized carbons (Fsp3) is 0.846. The third-order valence-electron chi connectivity index (χ3n) is 3.78. The second-order valence-electron chi connectivity index (χ2n) is 5.35. The first-order valence-corrected chi connectivity index (χ1v) is 7.05. The van der Waals surface area contributed by atoms with Gasteiger partial charge in [-0.25, -0.2) is 0 Å². The van der Waals surface area contributed by atoms with Crippen molar-refractivity contribution in [2.75, 3.05) is 13.1 Å². The third kappa shape index (κ3) is 3.50. The van der Waals surface area contributed by atoms with E-state index in [1.54, 1.807) is 4.90 Å². The van der Waals surface area contributed by atoms with Crippen molar-refractivity contribution in [3.63, 3.8) is 0 Å². The summed E-state index contributed by atoms with van der Waals surface area (Å²) in [6.45, 7) is 4.48. The van der Waals surface area contributed by atoms with Crippen LogP contribution in [0.15, 0.2) is 4.52 Å². The van der Waals surface area contributed by atoms with Gasteiger partial charge in [-0.1, -0.05) is 12.1 Å².